The Balaban J connectivity index is 2.03. The molecule has 0 fully saturated rings. The van der Waals surface area contributed by atoms with Crippen molar-refractivity contribution in [3.05, 3.63) is 95.1 Å². The highest BCUT2D eigenvalue weighted by Gasteiger charge is 2.32. The molecule has 7 nitrogen and oxygen atoms in total. The van der Waals surface area contributed by atoms with E-state index in [1.807, 2.05) is 65.0 Å². The highest BCUT2D eigenvalue weighted by Crippen LogP contribution is 2.25. The lowest BCUT2D eigenvalue weighted by Gasteiger charge is -2.32. The number of rotatable bonds is 10. The minimum atomic E-state index is -4.07. The summed E-state index contributed by atoms with van der Waals surface area (Å²) in [5, 5.41) is 2.86. The molecular formula is C30H37N3O4S. The molecule has 0 bridgehead atoms. The van der Waals surface area contributed by atoms with Crippen LogP contribution >= 0.6 is 0 Å². The van der Waals surface area contributed by atoms with Crippen LogP contribution in [0.2, 0.25) is 0 Å². The van der Waals surface area contributed by atoms with Crippen LogP contribution < -0.4 is 9.62 Å². The van der Waals surface area contributed by atoms with Gasteiger partial charge in [-0.05, 0) is 76.9 Å². The first-order chi connectivity index (χ1) is 17.9. The van der Waals surface area contributed by atoms with Gasteiger partial charge in [0.25, 0.3) is 10.0 Å². The molecule has 0 aliphatic carbocycles. The third-order valence-corrected chi connectivity index (χ3v) is 8.04. The van der Waals surface area contributed by atoms with E-state index in [1.54, 1.807) is 49.4 Å². The van der Waals surface area contributed by atoms with Crippen molar-refractivity contribution >= 4 is 27.5 Å². The standard InChI is InChI=1S/C30H37N3O4S/c1-21(2)31-30(35)25(6)32(19-26-14-10-22(3)11-15-26)29(34)20-33(27-9-7-8-24(5)18-27)38(36,37)28-16-12-23(4)13-17-28/h7-18,21,25H,19-20H2,1-6H3,(H,31,35)/t25-/m0/s1. The Labute approximate surface area is 226 Å². The SMILES string of the molecule is Cc1ccc(CN(C(=O)CN(c2cccc(C)c2)S(=O)(=O)c2ccc(C)cc2)[C@@H](C)C(=O)NC(C)C)cc1. The van der Waals surface area contributed by atoms with Crippen molar-refractivity contribution < 1.29 is 18.0 Å². The molecule has 0 unspecified atom stereocenters. The summed E-state index contributed by atoms with van der Waals surface area (Å²) in [6.45, 7) is 10.8. The molecule has 1 N–H and O–H groups in total. The van der Waals surface area contributed by atoms with E-state index in [0.29, 0.717) is 5.69 Å². The zero-order valence-electron chi connectivity index (χ0n) is 22.9. The highest BCUT2D eigenvalue weighted by molar-refractivity contribution is 7.92. The van der Waals surface area contributed by atoms with E-state index < -0.39 is 28.5 Å². The quantitative estimate of drug-likeness (QED) is 0.406. The molecule has 0 aromatic heterocycles. The molecule has 0 aliphatic heterocycles. The Morgan fingerprint density at radius 1 is 0.816 bits per heavy atom. The van der Waals surface area contributed by atoms with Gasteiger partial charge in [0, 0.05) is 12.6 Å². The Morgan fingerprint density at radius 2 is 1.39 bits per heavy atom. The summed E-state index contributed by atoms with van der Waals surface area (Å²) >= 11 is 0. The van der Waals surface area contributed by atoms with Crippen molar-refractivity contribution in [1.29, 1.82) is 0 Å². The van der Waals surface area contributed by atoms with E-state index in [-0.39, 0.29) is 23.4 Å². The fourth-order valence-electron chi connectivity index (χ4n) is 4.03. The summed E-state index contributed by atoms with van der Waals surface area (Å²) in [5.74, 6) is -0.780. The normalized spacial score (nSPS) is 12.2. The Hall–Kier alpha value is -3.65. The topological polar surface area (TPSA) is 86.8 Å². The Kier molecular flexibility index (Phi) is 9.33. The molecule has 0 saturated heterocycles. The summed E-state index contributed by atoms with van der Waals surface area (Å²) in [6, 6.07) is 20.4. The first kappa shape index (κ1) is 28.9. The van der Waals surface area contributed by atoms with Crippen LogP contribution in [-0.4, -0.2) is 43.8 Å². The number of hydrogen-bond donors (Lipinski definition) is 1. The number of carbonyl (C=O) groups excluding carboxylic acids is 2. The lowest BCUT2D eigenvalue weighted by Crippen LogP contribution is -2.52. The molecule has 0 spiro atoms. The molecule has 0 saturated carbocycles. The number of benzene rings is 3. The van der Waals surface area contributed by atoms with Gasteiger partial charge in [0.05, 0.1) is 10.6 Å². The van der Waals surface area contributed by atoms with Crippen LogP contribution in [-0.2, 0) is 26.2 Å². The van der Waals surface area contributed by atoms with Crippen molar-refractivity contribution in [2.24, 2.45) is 0 Å². The van der Waals surface area contributed by atoms with Crippen LogP contribution in [0.3, 0.4) is 0 Å². The number of hydrogen-bond acceptors (Lipinski definition) is 4. The molecule has 3 rings (SSSR count). The van der Waals surface area contributed by atoms with Crippen LogP contribution in [0.1, 0.15) is 43.0 Å². The van der Waals surface area contributed by atoms with Crippen LogP contribution in [0.5, 0.6) is 0 Å². The monoisotopic (exact) mass is 535 g/mol. The Bertz CT molecular complexity index is 1370. The second kappa shape index (κ2) is 12.3. The maximum atomic E-state index is 13.9. The van der Waals surface area contributed by atoms with Crippen molar-refractivity contribution in [1.82, 2.24) is 10.2 Å². The molecule has 3 aromatic carbocycles. The van der Waals surface area contributed by atoms with Crippen molar-refractivity contribution in [3.63, 3.8) is 0 Å². The zero-order chi connectivity index (χ0) is 28.0. The minimum Gasteiger partial charge on any atom is -0.352 e. The summed E-state index contributed by atoms with van der Waals surface area (Å²) < 4.78 is 28.8. The van der Waals surface area contributed by atoms with Crippen molar-refractivity contribution in [3.8, 4) is 0 Å². The first-order valence-electron chi connectivity index (χ1n) is 12.7. The molecule has 0 radical (unpaired) electrons. The first-order valence-corrected chi connectivity index (χ1v) is 14.1. The van der Waals surface area contributed by atoms with Gasteiger partial charge >= 0.3 is 0 Å². The predicted octanol–water partition coefficient (Wildman–Crippen LogP) is 4.75. The Morgan fingerprint density at radius 3 is 1.95 bits per heavy atom. The van der Waals surface area contributed by atoms with Crippen molar-refractivity contribution in [2.45, 2.75) is 65.1 Å². The number of nitrogens with zero attached hydrogens (tertiary/aromatic N) is 2. The molecule has 0 aliphatic rings. The third kappa shape index (κ3) is 7.22. The van der Waals surface area contributed by atoms with Crippen LogP contribution in [0.4, 0.5) is 5.69 Å². The average Bonchev–Trinajstić information content (AvgIpc) is 2.86. The number of amides is 2. The van der Waals surface area contributed by atoms with Crippen LogP contribution in [0.15, 0.2) is 77.7 Å². The summed E-state index contributed by atoms with van der Waals surface area (Å²) in [5.41, 5.74) is 4.09. The molecule has 38 heavy (non-hydrogen) atoms. The van der Waals surface area contributed by atoms with Gasteiger partial charge in [-0.3, -0.25) is 13.9 Å². The van der Waals surface area contributed by atoms with Crippen LogP contribution in [0, 0.1) is 20.8 Å². The van der Waals surface area contributed by atoms with E-state index >= 15 is 0 Å². The molecule has 1 atom stereocenters. The van der Waals surface area contributed by atoms with E-state index in [1.165, 1.54) is 4.90 Å². The maximum absolute atomic E-state index is 13.9. The maximum Gasteiger partial charge on any atom is 0.264 e. The van der Waals surface area contributed by atoms with Gasteiger partial charge in [-0.2, -0.15) is 0 Å². The number of carbonyl (C=O) groups is 2. The van der Waals surface area contributed by atoms with Crippen LogP contribution in [0.25, 0.3) is 0 Å². The van der Waals surface area contributed by atoms with Gasteiger partial charge in [0.15, 0.2) is 0 Å². The van der Waals surface area contributed by atoms with Gasteiger partial charge in [0.1, 0.15) is 12.6 Å². The summed E-state index contributed by atoms with van der Waals surface area (Å²) in [6.07, 6.45) is 0. The lowest BCUT2D eigenvalue weighted by atomic mass is 10.1. The smallest absolute Gasteiger partial charge is 0.264 e. The lowest BCUT2D eigenvalue weighted by molar-refractivity contribution is -0.139. The molecule has 2 amide bonds. The minimum absolute atomic E-state index is 0.0908. The summed E-state index contributed by atoms with van der Waals surface area (Å²) in [4.78, 5) is 28.4. The third-order valence-electron chi connectivity index (χ3n) is 6.25. The molecule has 202 valence electrons. The fourth-order valence-corrected chi connectivity index (χ4v) is 5.43. The number of anilines is 1. The number of sulfonamides is 1. The second-order valence-corrected chi connectivity index (χ2v) is 11.9. The van der Waals surface area contributed by atoms with Gasteiger partial charge in [-0.1, -0.05) is 59.7 Å². The van der Waals surface area contributed by atoms with E-state index in [0.717, 1.165) is 26.6 Å². The van der Waals surface area contributed by atoms with Gasteiger partial charge < -0.3 is 10.2 Å². The van der Waals surface area contributed by atoms with E-state index in [2.05, 4.69) is 5.32 Å². The van der Waals surface area contributed by atoms with Gasteiger partial charge in [-0.25, -0.2) is 8.42 Å². The number of nitrogens with one attached hydrogen (secondary N) is 1. The second-order valence-electron chi connectivity index (χ2n) is 10.0. The largest absolute Gasteiger partial charge is 0.352 e. The van der Waals surface area contributed by atoms with Gasteiger partial charge in [-0.15, -0.1) is 0 Å². The van der Waals surface area contributed by atoms with Crippen molar-refractivity contribution in [2.75, 3.05) is 10.8 Å². The molecule has 8 heteroatoms. The zero-order valence-corrected chi connectivity index (χ0v) is 23.7. The molecular weight excluding hydrogens is 498 g/mol. The van der Waals surface area contributed by atoms with E-state index in [4.69, 9.17) is 0 Å². The fraction of sp³-hybridized carbons (Fsp3) is 0.333. The van der Waals surface area contributed by atoms with Gasteiger partial charge in [0.2, 0.25) is 11.8 Å². The number of aryl methyl sites for hydroxylation is 3. The predicted molar refractivity (Wildman–Crippen MR) is 151 cm³/mol. The molecule has 0 heterocycles. The summed E-state index contributed by atoms with van der Waals surface area (Å²) in [7, 11) is -4.07. The average molecular weight is 536 g/mol. The highest BCUT2D eigenvalue weighted by atomic mass is 32.2. The molecule has 3 aromatic rings. The van der Waals surface area contributed by atoms with E-state index in [9.17, 15) is 18.0 Å².